The Kier molecular flexibility index (Phi) is 5.53. The van der Waals surface area contributed by atoms with E-state index < -0.39 is 0 Å². The van der Waals surface area contributed by atoms with Crippen LogP contribution in [0.1, 0.15) is 21.5 Å². The van der Waals surface area contributed by atoms with Crippen molar-refractivity contribution in [3.05, 3.63) is 69.7 Å². The SMILES string of the molecule is C[NH+](C)Cc1ccc(CNC(=O)c2cccc(Br)c2)cc1. The summed E-state index contributed by atoms with van der Waals surface area (Å²) in [5.41, 5.74) is 3.07. The zero-order valence-corrected chi connectivity index (χ0v) is 13.9. The van der Waals surface area contributed by atoms with Crippen LogP contribution >= 0.6 is 15.9 Å². The highest BCUT2D eigenvalue weighted by atomic mass is 79.9. The fraction of sp³-hybridized carbons (Fsp3) is 0.235. The van der Waals surface area contributed by atoms with E-state index in [0.717, 1.165) is 16.6 Å². The van der Waals surface area contributed by atoms with Crippen LogP contribution in [0.4, 0.5) is 0 Å². The van der Waals surface area contributed by atoms with E-state index in [1.165, 1.54) is 10.5 Å². The fourth-order valence-electron chi connectivity index (χ4n) is 2.10. The smallest absolute Gasteiger partial charge is 0.251 e. The van der Waals surface area contributed by atoms with E-state index in [1.54, 1.807) is 0 Å². The van der Waals surface area contributed by atoms with Crippen molar-refractivity contribution in [2.75, 3.05) is 14.1 Å². The molecule has 0 fully saturated rings. The second kappa shape index (κ2) is 7.38. The summed E-state index contributed by atoms with van der Waals surface area (Å²) in [6.07, 6.45) is 0. The first kappa shape index (κ1) is 15.7. The van der Waals surface area contributed by atoms with Crippen molar-refractivity contribution < 1.29 is 9.69 Å². The Bertz CT molecular complexity index is 608. The largest absolute Gasteiger partial charge is 0.348 e. The van der Waals surface area contributed by atoms with E-state index in [2.05, 4.69) is 59.6 Å². The molecule has 2 N–H and O–H groups in total. The number of nitrogens with one attached hydrogen (secondary N) is 2. The van der Waals surface area contributed by atoms with Crippen molar-refractivity contribution in [3.8, 4) is 0 Å². The second-order valence-electron chi connectivity index (χ2n) is 5.39. The molecule has 110 valence electrons. The summed E-state index contributed by atoms with van der Waals surface area (Å²) in [6.45, 7) is 1.55. The van der Waals surface area contributed by atoms with Crippen molar-refractivity contribution in [3.63, 3.8) is 0 Å². The molecule has 0 radical (unpaired) electrons. The van der Waals surface area contributed by atoms with Gasteiger partial charge in [0, 0.05) is 22.1 Å². The van der Waals surface area contributed by atoms with E-state index in [1.807, 2.05) is 24.3 Å². The molecule has 2 aromatic rings. The molecule has 2 rings (SSSR count). The average Bonchev–Trinajstić information content (AvgIpc) is 2.45. The summed E-state index contributed by atoms with van der Waals surface area (Å²) in [4.78, 5) is 13.4. The Morgan fingerprint density at radius 3 is 2.38 bits per heavy atom. The Balaban J connectivity index is 1.92. The van der Waals surface area contributed by atoms with Gasteiger partial charge in [0.25, 0.3) is 5.91 Å². The first-order valence-corrected chi connectivity index (χ1v) is 7.74. The number of hydrogen-bond acceptors (Lipinski definition) is 1. The predicted octanol–water partition coefficient (Wildman–Crippen LogP) is 2.02. The first-order valence-electron chi connectivity index (χ1n) is 6.95. The number of carbonyl (C=O) groups excluding carboxylic acids is 1. The highest BCUT2D eigenvalue weighted by molar-refractivity contribution is 9.10. The van der Waals surface area contributed by atoms with Crippen molar-refractivity contribution in [2.24, 2.45) is 0 Å². The minimum Gasteiger partial charge on any atom is -0.348 e. The summed E-state index contributed by atoms with van der Waals surface area (Å²) in [5, 5.41) is 2.94. The number of amides is 1. The topological polar surface area (TPSA) is 33.5 Å². The van der Waals surface area contributed by atoms with Crippen LogP contribution in [-0.4, -0.2) is 20.0 Å². The van der Waals surface area contributed by atoms with E-state index in [4.69, 9.17) is 0 Å². The molecule has 4 heteroatoms. The standard InChI is InChI=1S/C17H19BrN2O/c1-20(2)12-14-8-6-13(7-9-14)11-19-17(21)15-4-3-5-16(18)10-15/h3-10H,11-12H2,1-2H3,(H,19,21)/p+1. The van der Waals surface area contributed by atoms with Gasteiger partial charge >= 0.3 is 0 Å². The minimum atomic E-state index is -0.0573. The average molecular weight is 348 g/mol. The third-order valence-corrected chi connectivity index (χ3v) is 3.61. The van der Waals surface area contributed by atoms with Gasteiger partial charge in [0.15, 0.2) is 0 Å². The number of rotatable bonds is 5. The molecule has 2 aromatic carbocycles. The van der Waals surface area contributed by atoms with Gasteiger partial charge in [0.05, 0.1) is 14.1 Å². The second-order valence-corrected chi connectivity index (χ2v) is 6.31. The lowest BCUT2D eigenvalue weighted by Gasteiger charge is -2.09. The zero-order valence-electron chi connectivity index (χ0n) is 12.3. The van der Waals surface area contributed by atoms with E-state index in [9.17, 15) is 4.79 Å². The van der Waals surface area contributed by atoms with Gasteiger partial charge < -0.3 is 10.2 Å². The monoisotopic (exact) mass is 347 g/mol. The lowest BCUT2D eigenvalue weighted by molar-refractivity contribution is -0.872. The molecular formula is C17H20BrN2O+. The van der Waals surface area contributed by atoms with Gasteiger partial charge in [-0.3, -0.25) is 4.79 Å². The molecule has 0 unspecified atom stereocenters. The van der Waals surface area contributed by atoms with Crippen molar-refractivity contribution in [1.29, 1.82) is 0 Å². The van der Waals surface area contributed by atoms with Crippen LogP contribution in [0.25, 0.3) is 0 Å². The van der Waals surface area contributed by atoms with Gasteiger partial charge in [0.1, 0.15) is 6.54 Å². The molecule has 0 bridgehead atoms. The van der Waals surface area contributed by atoms with Crippen LogP contribution in [-0.2, 0) is 13.1 Å². The van der Waals surface area contributed by atoms with Crippen molar-refractivity contribution in [2.45, 2.75) is 13.1 Å². The van der Waals surface area contributed by atoms with Crippen LogP contribution in [0.2, 0.25) is 0 Å². The van der Waals surface area contributed by atoms with E-state index in [0.29, 0.717) is 12.1 Å². The number of quaternary nitrogens is 1. The maximum Gasteiger partial charge on any atom is 0.251 e. The number of hydrogen-bond donors (Lipinski definition) is 2. The Morgan fingerprint density at radius 2 is 1.76 bits per heavy atom. The maximum atomic E-state index is 12.0. The molecule has 0 aliphatic heterocycles. The van der Waals surface area contributed by atoms with Crippen molar-refractivity contribution >= 4 is 21.8 Å². The van der Waals surface area contributed by atoms with Gasteiger partial charge in [-0.2, -0.15) is 0 Å². The Labute approximate surface area is 134 Å². The van der Waals surface area contributed by atoms with Gasteiger partial charge in [-0.25, -0.2) is 0 Å². The third kappa shape index (κ3) is 4.99. The molecule has 0 aromatic heterocycles. The van der Waals surface area contributed by atoms with Crippen LogP contribution in [0.15, 0.2) is 53.0 Å². The summed E-state index contributed by atoms with van der Waals surface area (Å²) in [7, 11) is 4.26. The lowest BCUT2D eigenvalue weighted by atomic mass is 10.1. The van der Waals surface area contributed by atoms with Gasteiger partial charge in [-0.05, 0) is 23.8 Å². The summed E-state index contributed by atoms with van der Waals surface area (Å²) >= 11 is 3.37. The fourth-order valence-corrected chi connectivity index (χ4v) is 2.50. The molecular weight excluding hydrogens is 328 g/mol. The normalized spacial score (nSPS) is 10.7. The number of halogens is 1. The van der Waals surface area contributed by atoms with E-state index >= 15 is 0 Å². The van der Waals surface area contributed by atoms with Crippen molar-refractivity contribution in [1.82, 2.24) is 5.32 Å². The summed E-state index contributed by atoms with van der Waals surface area (Å²) < 4.78 is 0.908. The minimum absolute atomic E-state index is 0.0573. The number of benzene rings is 2. The molecule has 0 spiro atoms. The Hall–Kier alpha value is -1.65. The zero-order chi connectivity index (χ0) is 15.2. The van der Waals surface area contributed by atoms with Gasteiger partial charge in [-0.1, -0.05) is 46.3 Å². The molecule has 0 atom stereocenters. The van der Waals surface area contributed by atoms with E-state index in [-0.39, 0.29) is 5.91 Å². The molecule has 3 nitrogen and oxygen atoms in total. The molecule has 1 amide bonds. The summed E-state index contributed by atoms with van der Waals surface area (Å²) in [6, 6.07) is 15.8. The van der Waals surface area contributed by atoms with Crippen LogP contribution in [0.3, 0.4) is 0 Å². The maximum absolute atomic E-state index is 12.0. The van der Waals surface area contributed by atoms with Gasteiger partial charge in [-0.15, -0.1) is 0 Å². The lowest BCUT2D eigenvalue weighted by Crippen LogP contribution is -3.04. The molecule has 0 aliphatic carbocycles. The molecule has 0 saturated carbocycles. The van der Waals surface area contributed by atoms with Gasteiger partial charge in [0.2, 0.25) is 0 Å². The molecule has 21 heavy (non-hydrogen) atoms. The molecule has 0 heterocycles. The highest BCUT2D eigenvalue weighted by Crippen LogP contribution is 2.11. The summed E-state index contributed by atoms with van der Waals surface area (Å²) in [5.74, 6) is -0.0573. The predicted molar refractivity (Wildman–Crippen MR) is 88.3 cm³/mol. The molecule has 0 aliphatic rings. The molecule has 0 saturated heterocycles. The Morgan fingerprint density at radius 1 is 1.10 bits per heavy atom. The quantitative estimate of drug-likeness (QED) is 0.852. The van der Waals surface area contributed by atoms with Crippen LogP contribution < -0.4 is 10.2 Å². The number of carbonyl (C=O) groups is 1. The third-order valence-electron chi connectivity index (χ3n) is 3.12. The van der Waals surface area contributed by atoms with Crippen LogP contribution in [0, 0.1) is 0 Å². The highest BCUT2D eigenvalue weighted by Gasteiger charge is 2.05. The van der Waals surface area contributed by atoms with Crippen LogP contribution in [0.5, 0.6) is 0 Å². The first-order chi connectivity index (χ1) is 10.0.